The molecule has 1 aromatic carbocycles. The van der Waals surface area contributed by atoms with Crippen LogP contribution < -0.4 is 10.3 Å². The van der Waals surface area contributed by atoms with Crippen LogP contribution in [0.5, 0.6) is 5.75 Å². The quantitative estimate of drug-likeness (QED) is 0.695. The number of hydrogen-bond donors (Lipinski definition) is 1. The first-order chi connectivity index (χ1) is 12.1. The van der Waals surface area contributed by atoms with Crippen LogP contribution in [0.3, 0.4) is 0 Å². The van der Waals surface area contributed by atoms with E-state index in [0.29, 0.717) is 12.3 Å². The van der Waals surface area contributed by atoms with Gasteiger partial charge in [0.1, 0.15) is 5.75 Å². The number of ether oxygens (including phenoxy) is 2. The average Bonchev–Trinajstić information content (AvgIpc) is 3.04. The summed E-state index contributed by atoms with van der Waals surface area (Å²) in [6, 6.07) is 9.32. The smallest absolute Gasteiger partial charge is 0.310 e. The number of nitrogens with one attached hydrogen (secondary N) is 1. The van der Waals surface area contributed by atoms with E-state index in [-0.39, 0.29) is 24.2 Å². The molecule has 2 heterocycles. The molecule has 7 nitrogen and oxygen atoms in total. The zero-order valence-corrected chi connectivity index (χ0v) is 14.1. The normalized spacial score (nSPS) is 10.8. The van der Waals surface area contributed by atoms with E-state index in [4.69, 9.17) is 9.47 Å². The van der Waals surface area contributed by atoms with Crippen molar-refractivity contribution in [3.63, 3.8) is 0 Å². The van der Waals surface area contributed by atoms with Crippen molar-refractivity contribution in [1.82, 2.24) is 14.6 Å². The Balaban J connectivity index is 1.93. The third kappa shape index (κ3) is 3.55. The van der Waals surface area contributed by atoms with Crippen molar-refractivity contribution in [2.45, 2.75) is 20.3 Å². The molecule has 0 aliphatic rings. The standard InChI is InChI=1S/C18H19N3O4/c1-3-24-14-7-5-12(6-8-14)15-10-16-19-11-13(9-17(22)25-4-2)18(23)21(16)20-15/h5-8,10-11,20H,3-4,9H2,1-2H3. The second kappa shape index (κ2) is 7.21. The van der Waals surface area contributed by atoms with Crippen molar-refractivity contribution in [3.05, 3.63) is 52.4 Å². The van der Waals surface area contributed by atoms with E-state index in [1.165, 1.54) is 10.7 Å². The van der Waals surface area contributed by atoms with E-state index >= 15 is 0 Å². The first-order valence-corrected chi connectivity index (χ1v) is 8.11. The molecule has 0 bridgehead atoms. The summed E-state index contributed by atoms with van der Waals surface area (Å²) in [6.07, 6.45) is 1.32. The van der Waals surface area contributed by atoms with E-state index < -0.39 is 5.97 Å². The molecule has 0 amide bonds. The summed E-state index contributed by atoms with van der Waals surface area (Å²) >= 11 is 0. The lowest BCUT2D eigenvalue weighted by atomic mass is 10.1. The molecule has 0 aliphatic carbocycles. The Bertz CT molecular complexity index is 941. The predicted molar refractivity (Wildman–Crippen MR) is 92.8 cm³/mol. The molecular weight excluding hydrogens is 322 g/mol. The molecule has 2 aromatic heterocycles. The summed E-state index contributed by atoms with van der Waals surface area (Å²) in [6.45, 7) is 4.53. The van der Waals surface area contributed by atoms with Crippen LogP contribution in [-0.2, 0) is 16.0 Å². The molecule has 3 rings (SSSR count). The third-order valence-corrected chi connectivity index (χ3v) is 3.68. The Morgan fingerprint density at radius 2 is 1.96 bits per heavy atom. The highest BCUT2D eigenvalue weighted by atomic mass is 16.5. The van der Waals surface area contributed by atoms with Gasteiger partial charge in [0.05, 0.1) is 25.3 Å². The van der Waals surface area contributed by atoms with E-state index in [0.717, 1.165) is 17.0 Å². The molecule has 0 saturated heterocycles. The highest BCUT2D eigenvalue weighted by molar-refractivity contribution is 5.72. The van der Waals surface area contributed by atoms with Crippen molar-refractivity contribution < 1.29 is 14.3 Å². The number of carbonyl (C=O) groups is 1. The number of nitrogens with zero attached hydrogens (tertiary/aromatic N) is 2. The minimum absolute atomic E-state index is 0.0972. The summed E-state index contributed by atoms with van der Waals surface area (Å²) in [5.74, 6) is 0.342. The summed E-state index contributed by atoms with van der Waals surface area (Å²) in [5, 5.41) is 3.03. The number of aromatic nitrogens is 3. The van der Waals surface area contributed by atoms with E-state index in [1.807, 2.05) is 31.2 Å². The maximum atomic E-state index is 12.5. The van der Waals surface area contributed by atoms with E-state index in [9.17, 15) is 9.59 Å². The Hall–Kier alpha value is -3.09. The van der Waals surface area contributed by atoms with Gasteiger partial charge >= 0.3 is 5.97 Å². The van der Waals surface area contributed by atoms with Gasteiger partial charge in [-0.05, 0) is 43.7 Å². The average molecular weight is 341 g/mol. The molecule has 3 aromatic rings. The fourth-order valence-corrected chi connectivity index (χ4v) is 2.53. The van der Waals surface area contributed by atoms with Gasteiger partial charge in [0.15, 0.2) is 5.65 Å². The second-order valence-corrected chi connectivity index (χ2v) is 5.39. The zero-order valence-electron chi connectivity index (χ0n) is 14.1. The van der Waals surface area contributed by atoms with Gasteiger partial charge in [-0.1, -0.05) is 0 Å². The van der Waals surface area contributed by atoms with Crippen molar-refractivity contribution >= 4 is 11.6 Å². The molecule has 0 spiro atoms. The molecule has 0 aliphatic heterocycles. The third-order valence-electron chi connectivity index (χ3n) is 3.68. The Morgan fingerprint density at radius 3 is 2.64 bits per heavy atom. The molecule has 7 heteroatoms. The molecule has 130 valence electrons. The number of carbonyl (C=O) groups excluding carboxylic acids is 1. The summed E-state index contributed by atoms with van der Waals surface area (Å²) in [7, 11) is 0. The maximum Gasteiger partial charge on any atom is 0.310 e. The van der Waals surface area contributed by atoms with Crippen LogP contribution in [0.1, 0.15) is 19.4 Å². The minimum Gasteiger partial charge on any atom is -0.494 e. The van der Waals surface area contributed by atoms with Gasteiger partial charge in [-0.3, -0.25) is 14.7 Å². The van der Waals surface area contributed by atoms with Gasteiger partial charge in [0, 0.05) is 17.8 Å². The fourth-order valence-electron chi connectivity index (χ4n) is 2.53. The van der Waals surface area contributed by atoms with Gasteiger partial charge < -0.3 is 9.47 Å². The molecule has 25 heavy (non-hydrogen) atoms. The van der Waals surface area contributed by atoms with Gasteiger partial charge in [0.25, 0.3) is 5.56 Å². The topological polar surface area (TPSA) is 85.7 Å². The largest absolute Gasteiger partial charge is 0.494 e. The maximum absolute atomic E-state index is 12.5. The van der Waals surface area contributed by atoms with Crippen LogP contribution in [0.15, 0.2) is 41.3 Å². The van der Waals surface area contributed by atoms with Crippen molar-refractivity contribution in [2.75, 3.05) is 13.2 Å². The summed E-state index contributed by atoms with van der Waals surface area (Å²) < 4.78 is 11.6. The van der Waals surface area contributed by atoms with Gasteiger partial charge in [-0.15, -0.1) is 0 Å². The lowest BCUT2D eigenvalue weighted by molar-refractivity contribution is -0.142. The lowest BCUT2D eigenvalue weighted by Gasteiger charge is -2.03. The Morgan fingerprint density at radius 1 is 1.20 bits per heavy atom. The van der Waals surface area contributed by atoms with Crippen LogP contribution in [-0.4, -0.2) is 33.8 Å². The molecule has 0 saturated carbocycles. The number of benzene rings is 1. The van der Waals surface area contributed by atoms with E-state index in [2.05, 4.69) is 10.1 Å². The molecule has 0 fully saturated rings. The lowest BCUT2D eigenvalue weighted by Crippen LogP contribution is -2.22. The number of hydrogen-bond acceptors (Lipinski definition) is 5. The zero-order chi connectivity index (χ0) is 17.8. The first-order valence-electron chi connectivity index (χ1n) is 8.11. The summed E-state index contributed by atoms with van der Waals surface area (Å²) in [4.78, 5) is 28.4. The van der Waals surface area contributed by atoms with Crippen LogP contribution in [0.4, 0.5) is 0 Å². The molecule has 0 unspecified atom stereocenters. The molecule has 0 radical (unpaired) electrons. The van der Waals surface area contributed by atoms with Crippen LogP contribution in [0, 0.1) is 0 Å². The number of esters is 1. The van der Waals surface area contributed by atoms with Crippen LogP contribution >= 0.6 is 0 Å². The highest BCUT2D eigenvalue weighted by Gasteiger charge is 2.13. The van der Waals surface area contributed by atoms with Crippen LogP contribution in [0.25, 0.3) is 16.9 Å². The number of aromatic amines is 1. The van der Waals surface area contributed by atoms with Gasteiger partial charge in [0.2, 0.25) is 0 Å². The highest BCUT2D eigenvalue weighted by Crippen LogP contribution is 2.21. The molecule has 0 atom stereocenters. The van der Waals surface area contributed by atoms with E-state index in [1.54, 1.807) is 13.0 Å². The fraction of sp³-hybridized carbons (Fsp3) is 0.278. The monoisotopic (exact) mass is 341 g/mol. The predicted octanol–water partition coefficient (Wildman–Crippen LogP) is 2.19. The van der Waals surface area contributed by atoms with Crippen molar-refractivity contribution in [3.8, 4) is 17.0 Å². The SMILES string of the molecule is CCOC(=O)Cc1cnc2cc(-c3ccc(OCC)cc3)[nH]n2c1=O. The van der Waals surface area contributed by atoms with Crippen LogP contribution in [0.2, 0.25) is 0 Å². The number of H-pyrrole nitrogens is 1. The summed E-state index contributed by atoms with van der Waals surface area (Å²) in [5.41, 5.74) is 2.12. The first kappa shape index (κ1) is 16.8. The second-order valence-electron chi connectivity index (χ2n) is 5.39. The minimum atomic E-state index is -0.445. The van der Waals surface area contributed by atoms with Crippen molar-refractivity contribution in [1.29, 1.82) is 0 Å². The number of fused-ring (bicyclic) bond motifs is 1. The molecule has 1 N–H and O–H groups in total. The Kier molecular flexibility index (Phi) is 4.83. The molecular formula is C18H19N3O4. The number of rotatable bonds is 6. The Labute approximate surface area is 144 Å². The van der Waals surface area contributed by atoms with Gasteiger partial charge in [-0.2, -0.15) is 0 Å². The van der Waals surface area contributed by atoms with Gasteiger partial charge in [-0.25, -0.2) is 9.50 Å². The van der Waals surface area contributed by atoms with Crippen molar-refractivity contribution in [2.24, 2.45) is 0 Å².